The number of hydrogen-bond acceptors (Lipinski definition) is 4. The first-order valence-electron chi connectivity index (χ1n) is 8.60. The molecule has 25 heavy (non-hydrogen) atoms. The molecular formula is C20H25N5. The Morgan fingerprint density at radius 3 is 2.68 bits per heavy atom. The Balaban J connectivity index is 1.70. The molecule has 0 fully saturated rings. The molecule has 0 saturated heterocycles. The second-order valence-corrected chi connectivity index (χ2v) is 6.67. The van der Waals surface area contributed by atoms with Gasteiger partial charge in [-0.3, -0.25) is 14.9 Å². The normalized spacial score (nSPS) is 12.5. The van der Waals surface area contributed by atoms with Gasteiger partial charge in [-0.1, -0.05) is 12.1 Å². The van der Waals surface area contributed by atoms with Crippen molar-refractivity contribution < 1.29 is 0 Å². The summed E-state index contributed by atoms with van der Waals surface area (Å²) in [6.45, 7) is 7.21. The molecule has 0 aliphatic heterocycles. The first-order chi connectivity index (χ1) is 12.0. The summed E-state index contributed by atoms with van der Waals surface area (Å²) in [4.78, 5) is 10.9. The molecule has 1 aromatic carbocycles. The Kier molecular flexibility index (Phi) is 5.24. The number of benzene rings is 1. The summed E-state index contributed by atoms with van der Waals surface area (Å²) in [5.41, 5.74) is 5.60. The predicted octanol–water partition coefficient (Wildman–Crippen LogP) is 3.34. The number of rotatable bonds is 6. The zero-order valence-corrected chi connectivity index (χ0v) is 15.3. The molecule has 3 aromatic rings. The lowest BCUT2D eigenvalue weighted by atomic mass is 10.1. The van der Waals surface area contributed by atoms with Gasteiger partial charge in [-0.2, -0.15) is 5.10 Å². The Morgan fingerprint density at radius 2 is 2.00 bits per heavy atom. The van der Waals surface area contributed by atoms with Gasteiger partial charge in [0.05, 0.1) is 17.1 Å². The Morgan fingerprint density at radius 1 is 1.16 bits per heavy atom. The molecule has 2 heterocycles. The lowest BCUT2D eigenvalue weighted by molar-refractivity contribution is 0.246. The minimum Gasteiger partial charge on any atom is -0.299 e. The highest BCUT2D eigenvalue weighted by Gasteiger charge is 2.12. The molecule has 0 saturated carbocycles. The molecular weight excluding hydrogens is 310 g/mol. The van der Waals surface area contributed by atoms with Crippen molar-refractivity contribution in [1.82, 2.24) is 24.6 Å². The second-order valence-electron chi connectivity index (χ2n) is 6.67. The molecule has 0 bridgehead atoms. The van der Waals surface area contributed by atoms with E-state index >= 15 is 0 Å². The first-order valence-corrected chi connectivity index (χ1v) is 8.60. The third-order valence-corrected chi connectivity index (χ3v) is 4.47. The lowest BCUT2D eigenvalue weighted by Crippen LogP contribution is -2.30. The van der Waals surface area contributed by atoms with Crippen molar-refractivity contribution in [1.29, 1.82) is 0 Å². The van der Waals surface area contributed by atoms with Gasteiger partial charge in [0.2, 0.25) is 0 Å². The molecule has 0 amide bonds. The van der Waals surface area contributed by atoms with E-state index in [1.54, 1.807) is 12.4 Å². The Bertz CT molecular complexity index is 825. The molecule has 1 atom stereocenters. The summed E-state index contributed by atoms with van der Waals surface area (Å²) in [5, 5.41) is 4.58. The lowest BCUT2D eigenvalue weighted by Gasteiger charge is -2.24. The summed E-state index contributed by atoms with van der Waals surface area (Å²) in [6, 6.07) is 11.1. The van der Waals surface area contributed by atoms with E-state index in [9.17, 15) is 0 Å². The minimum absolute atomic E-state index is 0.383. The molecule has 3 rings (SSSR count). The largest absolute Gasteiger partial charge is 0.299 e. The van der Waals surface area contributed by atoms with Crippen molar-refractivity contribution in [3.05, 3.63) is 71.6 Å². The van der Waals surface area contributed by atoms with Crippen molar-refractivity contribution >= 4 is 0 Å². The smallest absolute Gasteiger partial charge is 0.0651 e. The molecule has 0 unspecified atom stereocenters. The van der Waals surface area contributed by atoms with Crippen LogP contribution in [0.4, 0.5) is 0 Å². The number of aromatic nitrogens is 4. The summed E-state index contributed by atoms with van der Waals surface area (Å²) >= 11 is 0. The summed E-state index contributed by atoms with van der Waals surface area (Å²) in [6.07, 6.45) is 6.19. The topological polar surface area (TPSA) is 46.8 Å². The van der Waals surface area contributed by atoms with E-state index < -0.39 is 0 Å². The highest BCUT2D eigenvalue weighted by atomic mass is 15.3. The molecule has 0 radical (unpaired) electrons. The SMILES string of the molecule is Cc1cc(C)n(-c2cccc(CN(C)[C@@H](C)Cc3cnccn3)c2)n1. The molecule has 130 valence electrons. The fourth-order valence-corrected chi connectivity index (χ4v) is 3.01. The molecule has 0 spiro atoms. The van der Waals surface area contributed by atoms with Crippen LogP contribution in [0.25, 0.3) is 5.69 Å². The Hall–Kier alpha value is -2.53. The molecule has 0 N–H and O–H groups in total. The number of likely N-dealkylation sites (N-methyl/N-ethyl adjacent to an activating group) is 1. The van der Waals surface area contributed by atoms with Gasteiger partial charge in [-0.15, -0.1) is 0 Å². The number of aryl methyl sites for hydroxylation is 2. The zero-order chi connectivity index (χ0) is 17.8. The van der Waals surface area contributed by atoms with Gasteiger partial charge >= 0.3 is 0 Å². The number of hydrogen-bond donors (Lipinski definition) is 0. The van der Waals surface area contributed by atoms with E-state index in [0.29, 0.717) is 6.04 Å². The molecule has 5 heteroatoms. The maximum atomic E-state index is 4.58. The monoisotopic (exact) mass is 335 g/mol. The number of nitrogens with zero attached hydrogens (tertiary/aromatic N) is 5. The van der Waals surface area contributed by atoms with E-state index in [1.165, 1.54) is 5.56 Å². The third-order valence-electron chi connectivity index (χ3n) is 4.47. The van der Waals surface area contributed by atoms with Crippen LogP contribution in [0.3, 0.4) is 0 Å². The van der Waals surface area contributed by atoms with Crippen molar-refractivity contribution in [3.8, 4) is 5.69 Å². The average Bonchev–Trinajstić information content (AvgIpc) is 2.94. The minimum atomic E-state index is 0.383. The van der Waals surface area contributed by atoms with Gasteiger partial charge in [0.1, 0.15) is 0 Å². The molecule has 2 aromatic heterocycles. The van der Waals surface area contributed by atoms with Crippen LogP contribution in [0.5, 0.6) is 0 Å². The summed E-state index contributed by atoms with van der Waals surface area (Å²) in [5.74, 6) is 0. The average molecular weight is 335 g/mol. The first kappa shape index (κ1) is 17.3. The van der Waals surface area contributed by atoms with Crippen LogP contribution < -0.4 is 0 Å². The van der Waals surface area contributed by atoms with Gasteiger partial charge < -0.3 is 0 Å². The van der Waals surface area contributed by atoms with Crippen LogP contribution in [-0.2, 0) is 13.0 Å². The van der Waals surface area contributed by atoms with E-state index in [2.05, 4.69) is 71.2 Å². The molecule has 0 aliphatic carbocycles. The van der Waals surface area contributed by atoms with Crippen LogP contribution in [-0.4, -0.2) is 37.7 Å². The van der Waals surface area contributed by atoms with Crippen LogP contribution >= 0.6 is 0 Å². The maximum absolute atomic E-state index is 4.58. The van der Waals surface area contributed by atoms with Gasteiger partial charge in [0.15, 0.2) is 0 Å². The quantitative estimate of drug-likeness (QED) is 0.693. The second kappa shape index (κ2) is 7.57. The molecule has 5 nitrogen and oxygen atoms in total. The maximum Gasteiger partial charge on any atom is 0.0651 e. The summed E-state index contributed by atoms with van der Waals surface area (Å²) in [7, 11) is 2.15. The highest BCUT2D eigenvalue weighted by molar-refractivity contribution is 5.37. The van der Waals surface area contributed by atoms with Crippen LogP contribution in [0.15, 0.2) is 48.9 Å². The van der Waals surface area contributed by atoms with Crippen LogP contribution in [0.1, 0.15) is 29.6 Å². The van der Waals surface area contributed by atoms with Crippen molar-refractivity contribution in [2.75, 3.05) is 7.05 Å². The van der Waals surface area contributed by atoms with E-state index in [-0.39, 0.29) is 0 Å². The fraction of sp³-hybridized carbons (Fsp3) is 0.350. The van der Waals surface area contributed by atoms with E-state index in [4.69, 9.17) is 0 Å². The van der Waals surface area contributed by atoms with Gasteiger partial charge in [-0.05, 0) is 51.6 Å². The van der Waals surface area contributed by atoms with E-state index in [0.717, 1.165) is 35.7 Å². The van der Waals surface area contributed by atoms with Crippen LogP contribution in [0, 0.1) is 13.8 Å². The highest BCUT2D eigenvalue weighted by Crippen LogP contribution is 2.16. The van der Waals surface area contributed by atoms with Crippen molar-refractivity contribution in [2.45, 2.75) is 39.8 Å². The Labute approximate surface area is 149 Å². The fourth-order valence-electron chi connectivity index (χ4n) is 3.01. The van der Waals surface area contributed by atoms with Gasteiger partial charge in [-0.25, -0.2) is 4.68 Å². The summed E-state index contributed by atoms with van der Waals surface area (Å²) < 4.78 is 2.00. The predicted molar refractivity (Wildman–Crippen MR) is 99.7 cm³/mol. The standard InChI is InChI=1S/C20H25N5/c1-15-10-17(3)25(23-15)20-7-5-6-18(12-20)14-24(4)16(2)11-19-13-21-8-9-22-19/h5-10,12-13,16H,11,14H2,1-4H3/t16-/m0/s1. The van der Waals surface area contributed by atoms with Crippen molar-refractivity contribution in [2.24, 2.45) is 0 Å². The van der Waals surface area contributed by atoms with Crippen molar-refractivity contribution in [3.63, 3.8) is 0 Å². The van der Waals surface area contributed by atoms with E-state index in [1.807, 2.05) is 17.8 Å². The van der Waals surface area contributed by atoms with Gasteiger partial charge in [0.25, 0.3) is 0 Å². The molecule has 0 aliphatic rings. The van der Waals surface area contributed by atoms with Gasteiger partial charge in [0, 0.05) is 43.3 Å². The third kappa shape index (κ3) is 4.31. The van der Waals surface area contributed by atoms with Crippen LogP contribution in [0.2, 0.25) is 0 Å². The zero-order valence-electron chi connectivity index (χ0n) is 15.3.